The smallest absolute Gasteiger partial charge is 0.306 e. The molecule has 0 amide bonds. The normalized spacial score (nSPS) is 12.4. The van der Waals surface area contributed by atoms with Gasteiger partial charge in [0.1, 0.15) is 6.61 Å². The average molecular weight is 871 g/mol. The van der Waals surface area contributed by atoms with Crippen LogP contribution < -0.4 is 0 Å². The maximum atomic E-state index is 12.8. The molecular weight excluding hydrogens is 765 g/mol. The Morgan fingerprint density at radius 2 is 0.677 bits per heavy atom. The van der Waals surface area contributed by atoms with E-state index in [0.717, 1.165) is 51.4 Å². The van der Waals surface area contributed by atoms with Gasteiger partial charge in [-0.25, -0.2) is 0 Å². The largest absolute Gasteiger partial charge is 0.462 e. The first-order chi connectivity index (χ1) is 30.6. The van der Waals surface area contributed by atoms with Crippen LogP contribution >= 0.6 is 0 Å². The number of allylic oxidation sites excluding steroid dienone is 6. The Morgan fingerprint density at radius 1 is 0.355 bits per heavy atom. The van der Waals surface area contributed by atoms with E-state index in [9.17, 15) is 9.59 Å². The summed E-state index contributed by atoms with van der Waals surface area (Å²) in [7, 11) is 0. The summed E-state index contributed by atoms with van der Waals surface area (Å²) < 4.78 is 17.4. The number of carbonyl (C=O) groups is 2. The lowest BCUT2D eigenvalue weighted by atomic mass is 10.0. The molecule has 1 unspecified atom stereocenters. The topological polar surface area (TPSA) is 61.8 Å². The maximum absolute atomic E-state index is 12.8. The van der Waals surface area contributed by atoms with Crippen molar-refractivity contribution in [2.75, 3.05) is 19.8 Å². The van der Waals surface area contributed by atoms with Crippen LogP contribution in [-0.2, 0) is 23.8 Å². The van der Waals surface area contributed by atoms with Crippen molar-refractivity contribution in [1.82, 2.24) is 0 Å². The molecule has 0 radical (unpaired) electrons. The zero-order valence-electron chi connectivity index (χ0n) is 41.9. The molecule has 0 aromatic heterocycles. The van der Waals surface area contributed by atoms with Crippen LogP contribution in [0.5, 0.6) is 0 Å². The van der Waals surface area contributed by atoms with Crippen molar-refractivity contribution in [3.8, 4) is 0 Å². The predicted molar refractivity (Wildman–Crippen MR) is 270 cm³/mol. The number of hydrogen-bond donors (Lipinski definition) is 0. The van der Waals surface area contributed by atoms with E-state index in [1.165, 1.54) is 205 Å². The van der Waals surface area contributed by atoms with E-state index < -0.39 is 6.10 Å². The number of ether oxygens (including phenoxy) is 3. The molecule has 0 bridgehead atoms. The van der Waals surface area contributed by atoms with Gasteiger partial charge in [-0.05, 0) is 77.0 Å². The fourth-order valence-electron chi connectivity index (χ4n) is 8.01. The number of unbranched alkanes of at least 4 members (excludes halogenated alkanes) is 34. The van der Waals surface area contributed by atoms with Crippen LogP contribution in [0, 0.1) is 0 Å². The lowest BCUT2D eigenvalue weighted by Gasteiger charge is -2.18. The molecule has 62 heavy (non-hydrogen) atoms. The summed E-state index contributed by atoms with van der Waals surface area (Å²) in [6.45, 7) is 7.83. The molecule has 0 saturated carbocycles. The van der Waals surface area contributed by atoms with Crippen molar-refractivity contribution in [1.29, 1.82) is 0 Å². The lowest BCUT2D eigenvalue weighted by molar-refractivity contribution is -0.163. The Morgan fingerprint density at radius 3 is 1.13 bits per heavy atom. The summed E-state index contributed by atoms with van der Waals surface area (Å²) in [6, 6.07) is 0. The van der Waals surface area contributed by atoms with Crippen LogP contribution in [0.1, 0.15) is 290 Å². The van der Waals surface area contributed by atoms with Gasteiger partial charge in [0.2, 0.25) is 0 Å². The third kappa shape index (κ3) is 50.8. The zero-order valence-corrected chi connectivity index (χ0v) is 41.9. The van der Waals surface area contributed by atoms with E-state index >= 15 is 0 Å². The van der Waals surface area contributed by atoms with Crippen molar-refractivity contribution >= 4 is 11.9 Å². The molecule has 0 aliphatic heterocycles. The van der Waals surface area contributed by atoms with E-state index in [1.807, 2.05) is 0 Å². The molecule has 0 rings (SSSR count). The Bertz CT molecular complexity index is 986. The predicted octanol–water partition coefficient (Wildman–Crippen LogP) is 18.6. The standard InChI is InChI=1S/C57H106O5/c1-4-7-10-13-16-19-22-25-27-28-29-30-31-33-35-38-41-44-47-50-56(58)61-54-55(53-60-52-49-46-43-40-37-34-26-23-20-17-14-11-8-5-2)62-57(59)51-48-45-42-39-36-32-24-21-18-15-12-9-6-3/h16,19,21,24-25,27,55H,4-15,17-18,20,22-23,26,28-54H2,1-3H3/b19-16-,24-21-,27-25-. The molecule has 0 aliphatic rings. The third-order valence-electron chi connectivity index (χ3n) is 12.1. The van der Waals surface area contributed by atoms with Crippen molar-refractivity contribution in [3.63, 3.8) is 0 Å². The first-order valence-electron chi connectivity index (χ1n) is 27.5. The highest BCUT2D eigenvalue weighted by molar-refractivity contribution is 5.70. The van der Waals surface area contributed by atoms with Gasteiger partial charge in [-0.2, -0.15) is 0 Å². The highest BCUT2D eigenvalue weighted by atomic mass is 16.6. The Labute approximate surface area is 387 Å². The summed E-state index contributed by atoms with van der Waals surface area (Å²) in [5.74, 6) is -0.396. The minimum absolute atomic E-state index is 0.0847. The molecule has 5 nitrogen and oxygen atoms in total. The highest BCUT2D eigenvalue weighted by Gasteiger charge is 2.17. The quantitative estimate of drug-likeness (QED) is 0.0346. The Hall–Kier alpha value is -1.88. The van der Waals surface area contributed by atoms with Gasteiger partial charge >= 0.3 is 11.9 Å². The van der Waals surface area contributed by atoms with Crippen molar-refractivity contribution < 1.29 is 23.8 Å². The molecule has 1 atom stereocenters. The van der Waals surface area contributed by atoms with Crippen LogP contribution in [-0.4, -0.2) is 37.9 Å². The highest BCUT2D eigenvalue weighted by Crippen LogP contribution is 2.15. The van der Waals surface area contributed by atoms with E-state index in [4.69, 9.17) is 14.2 Å². The summed E-state index contributed by atoms with van der Waals surface area (Å²) in [5, 5.41) is 0. The molecule has 0 saturated heterocycles. The summed E-state index contributed by atoms with van der Waals surface area (Å²) >= 11 is 0. The van der Waals surface area contributed by atoms with Gasteiger partial charge in [-0.15, -0.1) is 0 Å². The average Bonchev–Trinajstić information content (AvgIpc) is 3.27. The molecule has 5 heteroatoms. The summed E-state index contributed by atoms with van der Waals surface area (Å²) in [6.07, 6.45) is 64.4. The molecule has 0 fully saturated rings. The van der Waals surface area contributed by atoms with E-state index in [-0.39, 0.29) is 25.2 Å². The molecule has 0 N–H and O–H groups in total. The Balaban J connectivity index is 4.21. The van der Waals surface area contributed by atoms with Crippen LogP contribution in [0.25, 0.3) is 0 Å². The van der Waals surface area contributed by atoms with E-state index in [1.54, 1.807) is 0 Å². The zero-order chi connectivity index (χ0) is 44.9. The molecule has 364 valence electrons. The van der Waals surface area contributed by atoms with E-state index in [0.29, 0.717) is 19.4 Å². The second-order valence-corrected chi connectivity index (χ2v) is 18.5. The van der Waals surface area contributed by atoms with Crippen molar-refractivity contribution in [2.24, 2.45) is 0 Å². The number of rotatable bonds is 51. The first kappa shape index (κ1) is 60.1. The fraction of sp³-hybridized carbons (Fsp3) is 0.860. The number of hydrogen-bond acceptors (Lipinski definition) is 5. The van der Waals surface area contributed by atoms with Crippen LogP contribution in [0.3, 0.4) is 0 Å². The molecule has 0 aromatic carbocycles. The lowest BCUT2D eigenvalue weighted by Crippen LogP contribution is -2.30. The minimum Gasteiger partial charge on any atom is -0.462 e. The van der Waals surface area contributed by atoms with Gasteiger partial charge < -0.3 is 14.2 Å². The van der Waals surface area contributed by atoms with Gasteiger partial charge in [0.15, 0.2) is 6.10 Å². The van der Waals surface area contributed by atoms with Gasteiger partial charge in [0, 0.05) is 19.4 Å². The van der Waals surface area contributed by atoms with Crippen LogP contribution in [0.15, 0.2) is 36.5 Å². The SMILES string of the molecule is CCCCC/C=C\C/C=C\CCCCCCCCCCCC(=O)OCC(COCCCCCCCCCCCCCCCC)OC(=O)CCCCCCC/C=C\CCCCCC. The fourth-order valence-corrected chi connectivity index (χ4v) is 8.01. The monoisotopic (exact) mass is 871 g/mol. The van der Waals surface area contributed by atoms with Gasteiger partial charge in [0.05, 0.1) is 6.61 Å². The summed E-state index contributed by atoms with van der Waals surface area (Å²) in [4.78, 5) is 25.4. The molecular formula is C57H106O5. The third-order valence-corrected chi connectivity index (χ3v) is 12.1. The van der Waals surface area contributed by atoms with Gasteiger partial charge in [-0.1, -0.05) is 237 Å². The molecule has 0 aliphatic carbocycles. The summed E-state index contributed by atoms with van der Waals surface area (Å²) in [5.41, 5.74) is 0. The molecule has 0 spiro atoms. The first-order valence-corrected chi connectivity index (χ1v) is 27.5. The molecule has 0 heterocycles. The second kappa shape index (κ2) is 53.5. The van der Waals surface area contributed by atoms with Crippen LogP contribution in [0.4, 0.5) is 0 Å². The number of esters is 2. The van der Waals surface area contributed by atoms with Gasteiger partial charge in [0.25, 0.3) is 0 Å². The van der Waals surface area contributed by atoms with Crippen molar-refractivity contribution in [2.45, 2.75) is 297 Å². The van der Waals surface area contributed by atoms with Gasteiger partial charge in [-0.3, -0.25) is 9.59 Å². The van der Waals surface area contributed by atoms with E-state index in [2.05, 4.69) is 57.2 Å². The Kier molecular flexibility index (Phi) is 51.8. The van der Waals surface area contributed by atoms with Crippen molar-refractivity contribution in [3.05, 3.63) is 36.5 Å². The molecule has 0 aromatic rings. The van der Waals surface area contributed by atoms with Crippen LogP contribution in [0.2, 0.25) is 0 Å². The maximum Gasteiger partial charge on any atom is 0.306 e. The minimum atomic E-state index is -0.537. The number of carbonyl (C=O) groups excluding carboxylic acids is 2. The second-order valence-electron chi connectivity index (χ2n) is 18.5.